The lowest BCUT2D eigenvalue weighted by atomic mass is 10.2. The number of nitrogens with one attached hydrogen (secondary N) is 3. The lowest BCUT2D eigenvalue weighted by molar-refractivity contribution is 0.598. The molecule has 0 aliphatic carbocycles. The number of pyridine rings is 1. The highest BCUT2D eigenvalue weighted by Gasteiger charge is 2.16. The molecular formula is C14H11N5O2S. The number of nitrogens with zero attached hydrogens (tertiary/aromatic N) is 2. The molecule has 4 aromatic rings. The Balaban J connectivity index is 1.81. The number of fused-ring (bicyclic) bond motifs is 3. The van der Waals surface area contributed by atoms with Crippen LogP contribution < -0.4 is 4.72 Å². The van der Waals surface area contributed by atoms with Crippen LogP contribution in [0.5, 0.6) is 0 Å². The zero-order chi connectivity index (χ0) is 15.2. The number of H-pyrrole nitrogens is 2. The molecule has 0 unspecified atom stereocenters. The van der Waals surface area contributed by atoms with Crippen LogP contribution in [0.3, 0.4) is 0 Å². The van der Waals surface area contributed by atoms with E-state index < -0.39 is 10.0 Å². The third-order valence-corrected chi connectivity index (χ3v) is 4.69. The molecule has 0 atom stereocenters. The Hall–Kier alpha value is -2.87. The van der Waals surface area contributed by atoms with Gasteiger partial charge in [-0.3, -0.25) is 4.72 Å². The Morgan fingerprint density at radius 3 is 2.86 bits per heavy atom. The summed E-state index contributed by atoms with van der Waals surface area (Å²) in [6.07, 6.45) is 4.29. The summed E-state index contributed by atoms with van der Waals surface area (Å²) in [4.78, 5) is 13.8. The fourth-order valence-corrected chi connectivity index (χ4v) is 3.34. The van der Waals surface area contributed by atoms with Gasteiger partial charge in [0.05, 0.1) is 12.5 Å². The Morgan fingerprint density at radius 2 is 2.05 bits per heavy atom. The standard InChI is InChI=1S/C14H11N5O2S/c20-22(21,13-7-15-8-17-13)19-9-3-4-12-11(6-9)10-2-1-5-16-14(10)18-12/h1-8,19H,(H,15,17)(H,16,18). The highest BCUT2D eigenvalue weighted by atomic mass is 32.2. The number of aromatic amines is 2. The van der Waals surface area contributed by atoms with Crippen LogP contribution in [-0.2, 0) is 10.0 Å². The van der Waals surface area contributed by atoms with Crippen molar-refractivity contribution in [2.24, 2.45) is 0 Å². The molecule has 3 N–H and O–H groups in total. The van der Waals surface area contributed by atoms with Crippen LogP contribution >= 0.6 is 0 Å². The van der Waals surface area contributed by atoms with E-state index >= 15 is 0 Å². The van der Waals surface area contributed by atoms with Gasteiger partial charge in [0.15, 0.2) is 5.03 Å². The molecule has 3 heterocycles. The van der Waals surface area contributed by atoms with Gasteiger partial charge in [0.1, 0.15) is 5.65 Å². The van der Waals surface area contributed by atoms with Crippen LogP contribution in [0.25, 0.3) is 21.9 Å². The molecule has 0 aliphatic heterocycles. The normalized spacial score (nSPS) is 12.0. The molecule has 8 heteroatoms. The molecular weight excluding hydrogens is 302 g/mol. The molecule has 22 heavy (non-hydrogen) atoms. The van der Waals surface area contributed by atoms with Crippen LogP contribution in [0.2, 0.25) is 0 Å². The number of imidazole rings is 1. The van der Waals surface area contributed by atoms with Gasteiger partial charge in [0.25, 0.3) is 10.0 Å². The van der Waals surface area contributed by atoms with Gasteiger partial charge in [-0.2, -0.15) is 8.42 Å². The van der Waals surface area contributed by atoms with Gasteiger partial charge in [-0.05, 0) is 30.3 Å². The molecule has 1 aromatic carbocycles. The van der Waals surface area contributed by atoms with Crippen molar-refractivity contribution >= 4 is 37.6 Å². The highest BCUT2D eigenvalue weighted by Crippen LogP contribution is 2.27. The summed E-state index contributed by atoms with van der Waals surface area (Å²) in [6.45, 7) is 0. The van der Waals surface area contributed by atoms with Crippen LogP contribution in [-0.4, -0.2) is 28.4 Å². The molecule has 7 nitrogen and oxygen atoms in total. The van der Waals surface area contributed by atoms with Crippen LogP contribution in [0.1, 0.15) is 0 Å². The zero-order valence-electron chi connectivity index (χ0n) is 11.2. The second-order valence-corrected chi connectivity index (χ2v) is 6.46. The van der Waals surface area contributed by atoms with E-state index in [2.05, 4.69) is 24.7 Å². The van der Waals surface area contributed by atoms with Crippen molar-refractivity contribution < 1.29 is 8.42 Å². The van der Waals surface area contributed by atoms with Crippen molar-refractivity contribution in [3.63, 3.8) is 0 Å². The van der Waals surface area contributed by atoms with E-state index in [1.165, 1.54) is 12.5 Å². The Kier molecular flexibility index (Phi) is 2.67. The van der Waals surface area contributed by atoms with E-state index in [9.17, 15) is 8.42 Å². The molecule has 4 rings (SSSR count). The molecule has 0 spiro atoms. The maximum Gasteiger partial charge on any atom is 0.278 e. The van der Waals surface area contributed by atoms with E-state index in [-0.39, 0.29) is 5.03 Å². The quantitative estimate of drug-likeness (QED) is 0.539. The topological polar surface area (TPSA) is 104 Å². The average Bonchev–Trinajstić information content (AvgIpc) is 3.14. The second kappa shape index (κ2) is 4.57. The number of rotatable bonds is 3. The molecule has 0 fully saturated rings. The first kappa shape index (κ1) is 12.8. The summed E-state index contributed by atoms with van der Waals surface area (Å²) in [5, 5.41) is 1.88. The Morgan fingerprint density at radius 1 is 1.14 bits per heavy atom. The van der Waals surface area contributed by atoms with E-state index in [4.69, 9.17) is 0 Å². The highest BCUT2D eigenvalue weighted by molar-refractivity contribution is 7.92. The minimum absolute atomic E-state index is 0.0215. The summed E-state index contributed by atoms with van der Waals surface area (Å²) >= 11 is 0. The largest absolute Gasteiger partial charge is 0.339 e. The molecule has 0 bridgehead atoms. The summed E-state index contributed by atoms with van der Waals surface area (Å²) in [5.41, 5.74) is 2.15. The van der Waals surface area contributed by atoms with E-state index in [0.717, 1.165) is 21.9 Å². The van der Waals surface area contributed by atoms with Gasteiger partial charge in [-0.15, -0.1) is 0 Å². The van der Waals surface area contributed by atoms with E-state index in [0.29, 0.717) is 5.69 Å². The van der Waals surface area contributed by atoms with Gasteiger partial charge in [0.2, 0.25) is 0 Å². The van der Waals surface area contributed by atoms with Crippen molar-refractivity contribution in [2.45, 2.75) is 5.03 Å². The van der Waals surface area contributed by atoms with Gasteiger partial charge in [-0.25, -0.2) is 9.97 Å². The zero-order valence-corrected chi connectivity index (χ0v) is 12.1. The lowest BCUT2D eigenvalue weighted by Crippen LogP contribution is -2.13. The summed E-state index contributed by atoms with van der Waals surface area (Å²) in [5.74, 6) is 0. The fraction of sp³-hybridized carbons (Fsp3) is 0. The summed E-state index contributed by atoms with van der Waals surface area (Å²) < 4.78 is 26.9. The molecule has 3 aromatic heterocycles. The van der Waals surface area contributed by atoms with Gasteiger partial charge in [0, 0.05) is 28.2 Å². The number of benzene rings is 1. The number of hydrogen-bond acceptors (Lipinski definition) is 4. The molecule has 0 amide bonds. The second-order valence-electron chi connectivity index (χ2n) is 4.81. The SMILES string of the molecule is O=S(=O)(Nc1ccc2[nH]c3ncccc3c2c1)c1cnc[nH]1. The first-order valence-electron chi connectivity index (χ1n) is 6.51. The minimum Gasteiger partial charge on any atom is -0.339 e. The van der Waals surface area contributed by atoms with Crippen LogP contribution in [0.15, 0.2) is 54.1 Å². The predicted molar refractivity (Wildman–Crippen MR) is 83.0 cm³/mol. The number of anilines is 1. The van der Waals surface area contributed by atoms with Gasteiger partial charge in [-0.1, -0.05) is 0 Å². The Labute approximate surface area is 125 Å². The third-order valence-electron chi connectivity index (χ3n) is 3.39. The molecule has 0 saturated heterocycles. The average molecular weight is 313 g/mol. The predicted octanol–water partition coefficient (Wildman–Crippen LogP) is 2.24. The third kappa shape index (κ3) is 2.01. The fourth-order valence-electron chi connectivity index (χ4n) is 2.39. The molecule has 0 aliphatic rings. The number of sulfonamides is 1. The first-order chi connectivity index (χ1) is 10.6. The van der Waals surface area contributed by atoms with Crippen molar-refractivity contribution in [3.8, 4) is 0 Å². The summed E-state index contributed by atoms with van der Waals surface area (Å²) in [6, 6.07) is 9.09. The van der Waals surface area contributed by atoms with Crippen molar-refractivity contribution in [1.29, 1.82) is 0 Å². The Bertz CT molecular complexity index is 1070. The minimum atomic E-state index is -3.67. The van der Waals surface area contributed by atoms with Crippen molar-refractivity contribution in [2.75, 3.05) is 4.72 Å². The monoisotopic (exact) mass is 313 g/mol. The van der Waals surface area contributed by atoms with Crippen LogP contribution in [0.4, 0.5) is 5.69 Å². The molecule has 0 saturated carbocycles. The van der Waals surface area contributed by atoms with Gasteiger partial charge >= 0.3 is 0 Å². The maximum absolute atomic E-state index is 12.2. The van der Waals surface area contributed by atoms with Gasteiger partial charge < -0.3 is 9.97 Å². The first-order valence-corrected chi connectivity index (χ1v) is 7.99. The molecule has 0 radical (unpaired) electrons. The molecule has 110 valence electrons. The summed E-state index contributed by atoms with van der Waals surface area (Å²) in [7, 11) is -3.67. The lowest BCUT2D eigenvalue weighted by Gasteiger charge is -2.06. The number of hydrogen-bond donors (Lipinski definition) is 3. The van der Waals surface area contributed by atoms with Crippen LogP contribution in [0, 0.1) is 0 Å². The van der Waals surface area contributed by atoms with Crippen molar-refractivity contribution in [1.82, 2.24) is 19.9 Å². The maximum atomic E-state index is 12.2. The van der Waals surface area contributed by atoms with E-state index in [1.807, 2.05) is 18.2 Å². The smallest absolute Gasteiger partial charge is 0.278 e. The van der Waals surface area contributed by atoms with Crippen molar-refractivity contribution in [3.05, 3.63) is 49.1 Å². The number of aromatic nitrogens is 4. The van der Waals surface area contributed by atoms with E-state index in [1.54, 1.807) is 18.3 Å².